The molecule has 0 spiro atoms. The Morgan fingerprint density at radius 2 is 1.83 bits per heavy atom. The normalized spacial score (nSPS) is 13.0. The van der Waals surface area contributed by atoms with Crippen LogP contribution >= 0.6 is 0 Å². The fourth-order valence-electron chi connectivity index (χ4n) is 2.11. The van der Waals surface area contributed by atoms with Crippen LogP contribution in [0.2, 0.25) is 0 Å². The molecular formula is C18H20N2O3. The summed E-state index contributed by atoms with van der Waals surface area (Å²) in [4.78, 5) is 27.6. The first-order valence-electron chi connectivity index (χ1n) is 7.45. The molecule has 1 heterocycles. The van der Waals surface area contributed by atoms with Gasteiger partial charge < -0.3 is 10.1 Å². The van der Waals surface area contributed by atoms with Crippen LogP contribution in [-0.4, -0.2) is 22.8 Å². The molecule has 0 radical (unpaired) electrons. The van der Waals surface area contributed by atoms with Crippen LogP contribution in [-0.2, 0) is 4.79 Å². The van der Waals surface area contributed by atoms with Gasteiger partial charge in [0.05, 0.1) is 6.04 Å². The van der Waals surface area contributed by atoms with E-state index in [1.165, 1.54) is 6.92 Å². The molecule has 0 aliphatic rings. The maximum Gasteiger partial charge on any atom is 0.261 e. The molecule has 5 nitrogen and oxygen atoms in total. The number of nitrogens with one attached hydrogen (secondary N) is 1. The van der Waals surface area contributed by atoms with Crippen molar-refractivity contribution in [3.63, 3.8) is 0 Å². The summed E-state index contributed by atoms with van der Waals surface area (Å²) in [6, 6.07) is 10.4. The highest BCUT2D eigenvalue weighted by atomic mass is 16.5. The van der Waals surface area contributed by atoms with Gasteiger partial charge in [0.25, 0.3) is 5.91 Å². The molecule has 2 rings (SSSR count). The van der Waals surface area contributed by atoms with Crippen molar-refractivity contribution in [3.05, 3.63) is 59.9 Å². The van der Waals surface area contributed by atoms with Crippen LogP contribution in [0.25, 0.3) is 0 Å². The van der Waals surface area contributed by atoms with Gasteiger partial charge in [-0.3, -0.25) is 14.6 Å². The van der Waals surface area contributed by atoms with Gasteiger partial charge in [-0.2, -0.15) is 0 Å². The number of aromatic nitrogens is 1. The Balaban J connectivity index is 1.97. The molecule has 0 bridgehead atoms. The molecule has 23 heavy (non-hydrogen) atoms. The molecule has 1 amide bonds. The molecule has 0 saturated heterocycles. The lowest BCUT2D eigenvalue weighted by Gasteiger charge is -2.19. The van der Waals surface area contributed by atoms with Crippen molar-refractivity contribution in [1.82, 2.24) is 10.3 Å². The van der Waals surface area contributed by atoms with E-state index < -0.39 is 6.10 Å². The Bertz CT molecular complexity index is 686. The summed E-state index contributed by atoms with van der Waals surface area (Å²) in [5.41, 5.74) is 1.53. The van der Waals surface area contributed by atoms with Crippen LogP contribution in [0.4, 0.5) is 0 Å². The van der Waals surface area contributed by atoms with Gasteiger partial charge in [0.15, 0.2) is 11.9 Å². The van der Waals surface area contributed by atoms with Crippen molar-refractivity contribution in [2.75, 3.05) is 0 Å². The van der Waals surface area contributed by atoms with Gasteiger partial charge in [0.1, 0.15) is 5.75 Å². The van der Waals surface area contributed by atoms with E-state index in [4.69, 9.17) is 4.74 Å². The molecule has 0 saturated carbocycles. The number of ether oxygens (including phenoxy) is 1. The van der Waals surface area contributed by atoms with Gasteiger partial charge in [0.2, 0.25) is 0 Å². The fraction of sp³-hybridized carbons (Fsp3) is 0.278. The van der Waals surface area contributed by atoms with E-state index in [2.05, 4.69) is 10.3 Å². The first kappa shape index (κ1) is 16.7. The topological polar surface area (TPSA) is 68.3 Å². The lowest BCUT2D eigenvalue weighted by Crippen LogP contribution is -2.37. The molecule has 1 aromatic heterocycles. The molecule has 0 aliphatic heterocycles. The van der Waals surface area contributed by atoms with E-state index in [1.54, 1.807) is 43.6 Å². The lowest BCUT2D eigenvalue weighted by molar-refractivity contribution is -0.127. The maximum atomic E-state index is 12.2. The number of hydrogen-bond acceptors (Lipinski definition) is 4. The second kappa shape index (κ2) is 7.54. The molecule has 2 aromatic rings. The van der Waals surface area contributed by atoms with Gasteiger partial charge in [-0.1, -0.05) is 12.1 Å². The third-order valence-electron chi connectivity index (χ3n) is 3.49. The molecule has 1 aromatic carbocycles. The largest absolute Gasteiger partial charge is 0.481 e. The smallest absolute Gasteiger partial charge is 0.261 e. The van der Waals surface area contributed by atoms with E-state index in [9.17, 15) is 9.59 Å². The summed E-state index contributed by atoms with van der Waals surface area (Å²) in [5.74, 6) is 0.235. The molecule has 1 N–H and O–H groups in total. The van der Waals surface area contributed by atoms with Crippen molar-refractivity contribution >= 4 is 11.7 Å². The van der Waals surface area contributed by atoms with E-state index in [1.807, 2.05) is 19.1 Å². The molecule has 5 heteroatoms. The minimum absolute atomic E-state index is 0.0427. The standard InChI is InChI=1S/C18H20N2O3/c1-12(15-7-9-19-10-8-15)20-18(22)14(3)23-17-6-4-5-16(11-17)13(2)21/h4-12,14H,1-3H3,(H,20,22). The number of Topliss-reactive ketones (excluding diaryl/α,β-unsaturated/α-hetero) is 1. The van der Waals surface area contributed by atoms with Crippen molar-refractivity contribution in [1.29, 1.82) is 0 Å². The van der Waals surface area contributed by atoms with Crippen LogP contribution in [0.3, 0.4) is 0 Å². The number of hydrogen-bond donors (Lipinski definition) is 1. The fourth-order valence-corrected chi connectivity index (χ4v) is 2.11. The Hall–Kier alpha value is -2.69. The highest BCUT2D eigenvalue weighted by molar-refractivity contribution is 5.94. The number of carbonyl (C=O) groups excluding carboxylic acids is 2. The zero-order chi connectivity index (χ0) is 16.8. The number of pyridine rings is 1. The summed E-state index contributed by atoms with van der Waals surface area (Å²) in [6.45, 7) is 5.07. The Morgan fingerprint density at radius 3 is 2.48 bits per heavy atom. The first-order valence-corrected chi connectivity index (χ1v) is 7.45. The summed E-state index contributed by atoms with van der Waals surface area (Å²) in [5, 5.41) is 2.89. The SMILES string of the molecule is CC(=O)c1cccc(OC(C)C(=O)NC(C)c2ccncc2)c1. The number of ketones is 1. The zero-order valence-corrected chi connectivity index (χ0v) is 13.4. The zero-order valence-electron chi connectivity index (χ0n) is 13.4. The molecule has 120 valence electrons. The van der Waals surface area contributed by atoms with Gasteiger partial charge in [-0.15, -0.1) is 0 Å². The minimum Gasteiger partial charge on any atom is -0.481 e. The first-order chi connectivity index (χ1) is 11.0. The Labute approximate surface area is 135 Å². The van der Waals surface area contributed by atoms with Crippen molar-refractivity contribution in [2.24, 2.45) is 0 Å². The maximum absolute atomic E-state index is 12.2. The van der Waals surface area contributed by atoms with E-state index in [0.29, 0.717) is 11.3 Å². The van der Waals surface area contributed by atoms with E-state index in [0.717, 1.165) is 5.56 Å². The van der Waals surface area contributed by atoms with E-state index >= 15 is 0 Å². The average Bonchev–Trinajstić information content (AvgIpc) is 2.55. The Morgan fingerprint density at radius 1 is 1.13 bits per heavy atom. The Kier molecular flexibility index (Phi) is 5.46. The van der Waals surface area contributed by atoms with Crippen LogP contribution in [0.5, 0.6) is 5.75 Å². The molecule has 0 aliphatic carbocycles. The summed E-state index contributed by atoms with van der Waals surface area (Å²) < 4.78 is 5.63. The second-order valence-electron chi connectivity index (χ2n) is 5.35. The lowest BCUT2D eigenvalue weighted by atomic mass is 10.1. The number of rotatable bonds is 6. The van der Waals surface area contributed by atoms with Gasteiger partial charge in [-0.05, 0) is 50.6 Å². The van der Waals surface area contributed by atoms with Crippen molar-refractivity contribution in [3.8, 4) is 5.75 Å². The minimum atomic E-state index is -0.665. The number of nitrogens with zero attached hydrogens (tertiary/aromatic N) is 1. The summed E-state index contributed by atoms with van der Waals surface area (Å²) in [6.07, 6.45) is 2.71. The number of amides is 1. The van der Waals surface area contributed by atoms with Crippen LogP contribution in [0.1, 0.15) is 42.7 Å². The van der Waals surface area contributed by atoms with Gasteiger partial charge in [0, 0.05) is 18.0 Å². The highest BCUT2D eigenvalue weighted by Crippen LogP contribution is 2.16. The second-order valence-corrected chi connectivity index (χ2v) is 5.35. The van der Waals surface area contributed by atoms with Crippen molar-refractivity contribution in [2.45, 2.75) is 32.9 Å². The molecule has 2 unspecified atom stereocenters. The predicted octanol–water partition coefficient (Wildman–Crippen LogP) is 2.93. The third kappa shape index (κ3) is 4.64. The quantitative estimate of drug-likeness (QED) is 0.833. The van der Waals surface area contributed by atoms with Crippen LogP contribution < -0.4 is 10.1 Å². The number of benzene rings is 1. The molecule has 2 atom stereocenters. The van der Waals surface area contributed by atoms with Crippen LogP contribution in [0, 0.1) is 0 Å². The van der Waals surface area contributed by atoms with Gasteiger partial charge >= 0.3 is 0 Å². The number of carbonyl (C=O) groups is 2. The van der Waals surface area contributed by atoms with Crippen molar-refractivity contribution < 1.29 is 14.3 Å². The van der Waals surface area contributed by atoms with Gasteiger partial charge in [-0.25, -0.2) is 0 Å². The molecular weight excluding hydrogens is 292 g/mol. The monoisotopic (exact) mass is 312 g/mol. The molecule has 0 fully saturated rings. The highest BCUT2D eigenvalue weighted by Gasteiger charge is 2.18. The van der Waals surface area contributed by atoms with Crippen LogP contribution in [0.15, 0.2) is 48.8 Å². The third-order valence-corrected chi connectivity index (χ3v) is 3.49. The van der Waals surface area contributed by atoms with E-state index in [-0.39, 0.29) is 17.7 Å². The summed E-state index contributed by atoms with van der Waals surface area (Å²) in [7, 11) is 0. The predicted molar refractivity (Wildman–Crippen MR) is 87.3 cm³/mol. The average molecular weight is 312 g/mol. The summed E-state index contributed by atoms with van der Waals surface area (Å²) >= 11 is 0.